The quantitative estimate of drug-likeness (QED) is 0.673. The Hall–Kier alpha value is -2.38. The number of fused-ring (bicyclic) bond motifs is 1. The largest absolute Gasteiger partial charge is 0.483 e. The van der Waals surface area contributed by atoms with Gasteiger partial charge in [-0.15, -0.1) is 0 Å². The van der Waals surface area contributed by atoms with Crippen LogP contribution in [-0.4, -0.2) is 40.5 Å². The maximum absolute atomic E-state index is 13.7. The van der Waals surface area contributed by atoms with Crippen LogP contribution in [0.5, 0.6) is 5.75 Å². The molecule has 2 atom stereocenters. The number of aromatic nitrogens is 3. The molecule has 4 rings (SSSR count). The second kappa shape index (κ2) is 6.02. The van der Waals surface area contributed by atoms with Crippen LogP contribution in [0, 0.1) is 5.82 Å². The van der Waals surface area contributed by atoms with Crippen LogP contribution >= 0.6 is 0 Å². The summed E-state index contributed by atoms with van der Waals surface area (Å²) >= 11 is 0. The van der Waals surface area contributed by atoms with Gasteiger partial charge in [-0.25, -0.2) is 4.39 Å². The summed E-state index contributed by atoms with van der Waals surface area (Å²) in [5, 5.41) is 10.6. The molecule has 120 valence electrons. The van der Waals surface area contributed by atoms with Gasteiger partial charge in [0.2, 0.25) is 0 Å². The zero-order valence-corrected chi connectivity index (χ0v) is 12.4. The first-order valence-electron chi connectivity index (χ1n) is 7.52. The Labute approximate surface area is 132 Å². The molecular formula is C16H17FN4O2. The average Bonchev–Trinajstić information content (AvgIpc) is 3.26. The highest BCUT2D eigenvalue weighted by atomic mass is 19.1. The summed E-state index contributed by atoms with van der Waals surface area (Å²) in [7, 11) is 0. The zero-order chi connectivity index (χ0) is 15.6. The zero-order valence-electron chi connectivity index (χ0n) is 12.4. The lowest BCUT2D eigenvalue weighted by atomic mass is 10.2. The van der Waals surface area contributed by atoms with Crippen molar-refractivity contribution in [2.24, 2.45) is 0 Å². The fraction of sp³-hybridized carbons (Fsp3) is 0.312. The van der Waals surface area contributed by atoms with Gasteiger partial charge >= 0.3 is 0 Å². The van der Waals surface area contributed by atoms with Crippen LogP contribution in [0.2, 0.25) is 0 Å². The lowest BCUT2D eigenvalue weighted by Gasteiger charge is -2.19. The van der Waals surface area contributed by atoms with Crippen LogP contribution in [0.4, 0.5) is 4.39 Å². The molecule has 0 bridgehead atoms. The minimum Gasteiger partial charge on any atom is -0.483 e. The minimum atomic E-state index is -0.213. The average molecular weight is 316 g/mol. The second-order valence-electron chi connectivity index (χ2n) is 5.61. The normalized spacial score (nSPS) is 21.1. The van der Waals surface area contributed by atoms with E-state index in [1.807, 2.05) is 12.1 Å². The molecule has 1 fully saturated rings. The SMILES string of the molecule is Fc1cccc2[nH]c(CN[C@H]3COC[C@H]3Oc3cn[nH]c3)cc12. The summed E-state index contributed by atoms with van der Waals surface area (Å²) in [6.45, 7) is 1.70. The summed E-state index contributed by atoms with van der Waals surface area (Å²) in [5.74, 6) is 0.482. The summed E-state index contributed by atoms with van der Waals surface area (Å²) < 4.78 is 25.1. The van der Waals surface area contributed by atoms with E-state index in [2.05, 4.69) is 20.5 Å². The Morgan fingerprint density at radius 2 is 2.35 bits per heavy atom. The molecule has 7 heteroatoms. The highest BCUT2D eigenvalue weighted by molar-refractivity contribution is 5.80. The maximum atomic E-state index is 13.7. The van der Waals surface area contributed by atoms with Crippen molar-refractivity contribution in [1.29, 1.82) is 0 Å². The lowest BCUT2D eigenvalue weighted by molar-refractivity contribution is 0.139. The molecule has 6 nitrogen and oxygen atoms in total. The molecule has 0 aliphatic carbocycles. The molecule has 1 aromatic carbocycles. The fourth-order valence-corrected chi connectivity index (χ4v) is 2.83. The molecule has 3 heterocycles. The topological polar surface area (TPSA) is 75.0 Å². The highest BCUT2D eigenvalue weighted by Gasteiger charge is 2.30. The molecule has 0 spiro atoms. The molecule has 3 N–H and O–H groups in total. The number of aromatic amines is 2. The summed E-state index contributed by atoms with van der Waals surface area (Å²) in [5.41, 5.74) is 1.73. The number of nitrogens with one attached hydrogen (secondary N) is 3. The first-order valence-corrected chi connectivity index (χ1v) is 7.52. The summed E-state index contributed by atoms with van der Waals surface area (Å²) in [6.07, 6.45) is 3.26. The smallest absolute Gasteiger partial charge is 0.157 e. The Morgan fingerprint density at radius 3 is 3.17 bits per heavy atom. The first-order chi connectivity index (χ1) is 11.3. The van der Waals surface area contributed by atoms with Gasteiger partial charge in [-0.1, -0.05) is 6.07 Å². The molecule has 0 saturated carbocycles. The Kier molecular flexibility index (Phi) is 3.72. The summed E-state index contributed by atoms with van der Waals surface area (Å²) in [6, 6.07) is 6.93. The Balaban J connectivity index is 1.41. The number of H-pyrrole nitrogens is 2. The third kappa shape index (κ3) is 2.93. The number of halogens is 1. The van der Waals surface area contributed by atoms with Crippen molar-refractivity contribution in [2.45, 2.75) is 18.7 Å². The number of ether oxygens (including phenoxy) is 2. The van der Waals surface area contributed by atoms with Gasteiger partial charge in [0, 0.05) is 23.1 Å². The molecule has 1 aliphatic heterocycles. The van der Waals surface area contributed by atoms with Crippen LogP contribution in [0.3, 0.4) is 0 Å². The van der Waals surface area contributed by atoms with Crippen molar-refractivity contribution in [3.63, 3.8) is 0 Å². The Bertz CT molecular complexity index is 787. The van der Waals surface area contributed by atoms with Crippen molar-refractivity contribution in [3.8, 4) is 5.75 Å². The van der Waals surface area contributed by atoms with Gasteiger partial charge in [-0.2, -0.15) is 5.10 Å². The van der Waals surface area contributed by atoms with Crippen molar-refractivity contribution in [1.82, 2.24) is 20.5 Å². The van der Waals surface area contributed by atoms with Crippen molar-refractivity contribution >= 4 is 10.9 Å². The molecule has 0 amide bonds. The molecule has 3 aromatic rings. The molecule has 1 aliphatic rings. The van der Waals surface area contributed by atoms with E-state index in [-0.39, 0.29) is 18.0 Å². The van der Waals surface area contributed by atoms with Gasteiger partial charge < -0.3 is 19.8 Å². The van der Waals surface area contributed by atoms with Gasteiger partial charge in [0.1, 0.15) is 11.9 Å². The van der Waals surface area contributed by atoms with Gasteiger partial charge in [-0.05, 0) is 18.2 Å². The van der Waals surface area contributed by atoms with Crippen LogP contribution in [0.1, 0.15) is 5.69 Å². The third-order valence-electron chi connectivity index (χ3n) is 4.01. The lowest BCUT2D eigenvalue weighted by Crippen LogP contribution is -2.41. The van der Waals surface area contributed by atoms with E-state index in [0.717, 1.165) is 11.2 Å². The third-order valence-corrected chi connectivity index (χ3v) is 4.01. The van der Waals surface area contributed by atoms with E-state index in [9.17, 15) is 4.39 Å². The van der Waals surface area contributed by atoms with E-state index in [1.54, 1.807) is 18.5 Å². The highest BCUT2D eigenvalue weighted by Crippen LogP contribution is 2.19. The number of hydrogen-bond acceptors (Lipinski definition) is 4. The predicted octanol–water partition coefficient (Wildman–Crippen LogP) is 1.97. The van der Waals surface area contributed by atoms with Crippen LogP contribution in [0.15, 0.2) is 36.7 Å². The van der Waals surface area contributed by atoms with Crippen molar-refractivity contribution in [2.75, 3.05) is 13.2 Å². The molecular weight excluding hydrogens is 299 g/mol. The monoisotopic (exact) mass is 316 g/mol. The van der Waals surface area contributed by atoms with Crippen LogP contribution in [0.25, 0.3) is 10.9 Å². The number of rotatable bonds is 5. The number of benzene rings is 1. The van der Waals surface area contributed by atoms with Crippen molar-refractivity contribution in [3.05, 3.63) is 48.2 Å². The van der Waals surface area contributed by atoms with Crippen LogP contribution in [-0.2, 0) is 11.3 Å². The molecule has 0 unspecified atom stereocenters. The Morgan fingerprint density at radius 1 is 1.39 bits per heavy atom. The van der Waals surface area contributed by atoms with E-state index < -0.39 is 0 Å². The van der Waals surface area contributed by atoms with Crippen molar-refractivity contribution < 1.29 is 13.9 Å². The predicted molar refractivity (Wildman–Crippen MR) is 82.7 cm³/mol. The standard InChI is InChI=1S/C16H17FN4O2/c17-13-2-1-3-14-12(13)4-10(21-14)5-18-15-8-22-9-16(15)23-11-6-19-20-7-11/h1-4,6-7,15-16,18,21H,5,8-9H2,(H,19,20)/t15-,16+/m0/s1. The van der Waals surface area contributed by atoms with Crippen LogP contribution < -0.4 is 10.1 Å². The molecule has 1 saturated heterocycles. The van der Waals surface area contributed by atoms with Gasteiger partial charge in [-0.3, -0.25) is 5.10 Å². The van der Waals surface area contributed by atoms with E-state index in [4.69, 9.17) is 9.47 Å². The van der Waals surface area contributed by atoms with Gasteiger partial charge in [0.05, 0.1) is 31.6 Å². The summed E-state index contributed by atoms with van der Waals surface area (Å²) in [4.78, 5) is 3.22. The second-order valence-corrected chi connectivity index (χ2v) is 5.61. The molecule has 0 radical (unpaired) electrons. The van der Waals surface area contributed by atoms with E-state index in [1.165, 1.54) is 6.07 Å². The fourth-order valence-electron chi connectivity index (χ4n) is 2.83. The van der Waals surface area contributed by atoms with Gasteiger partial charge in [0.25, 0.3) is 0 Å². The van der Waals surface area contributed by atoms with Gasteiger partial charge in [0.15, 0.2) is 5.75 Å². The number of nitrogens with zero attached hydrogens (tertiary/aromatic N) is 1. The maximum Gasteiger partial charge on any atom is 0.157 e. The first kappa shape index (κ1) is 14.2. The molecule has 23 heavy (non-hydrogen) atoms. The molecule has 2 aromatic heterocycles. The van der Waals surface area contributed by atoms with E-state index in [0.29, 0.717) is 30.9 Å². The number of hydrogen-bond donors (Lipinski definition) is 3. The minimum absolute atomic E-state index is 0.0705. The van der Waals surface area contributed by atoms with E-state index >= 15 is 0 Å².